The molecule has 1 rings (SSSR count). The van der Waals surface area contributed by atoms with Gasteiger partial charge < -0.3 is 0 Å². The number of halogens is 1. The van der Waals surface area contributed by atoms with E-state index in [9.17, 15) is 0 Å². The van der Waals surface area contributed by atoms with E-state index in [-0.39, 0.29) is 0 Å². The SMILES string of the molecule is Cc1ccc(Br)c(C)c1CON. The third-order valence-electron chi connectivity index (χ3n) is 1.99. The fourth-order valence-electron chi connectivity index (χ4n) is 1.17. The Hall–Kier alpha value is -0.380. The summed E-state index contributed by atoms with van der Waals surface area (Å²) in [5.74, 6) is 5.03. The molecule has 0 aliphatic rings. The molecule has 0 atom stereocenters. The van der Waals surface area contributed by atoms with Crippen molar-refractivity contribution < 1.29 is 4.84 Å². The van der Waals surface area contributed by atoms with E-state index in [1.165, 1.54) is 11.1 Å². The first-order chi connectivity index (χ1) is 5.66. The molecule has 0 aliphatic carbocycles. The van der Waals surface area contributed by atoms with Crippen LogP contribution in [0.15, 0.2) is 16.6 Å². The normalized spacial score (nSPS) is 10.3. The average molecular weight is 230 g/mol. The van der Waals surface area contributed by atoms with Gasteiger partial charge in [0.2, 0.25) is 0 Å². The van der Waals surface area contributed by atoms with Crippen molar-refractivity contribution in [3.05, 3.63) is 33.3 Å². The van der Waals surface area contributed by atoms with Gasteiger partial charge in [0.25, 0.3) is 0 Å². The van der Waals surface area contributed by atoms with Gasteiger partial charge >= 0.3 is 0 Å². The molecule has 1 aromatic carbocycles. The molecule has 0 aliphatic heterocycles. The molecule has 3 heteroatoms. The Bertz CT molecular complexity index is 286. The Balaban J connectivity index is 3.14. The Morgan fingerprint density at radius 3 is 2.67 bits per heavy atom. The second-order valence-electron chi connectivity index (χ2n) is 2.78. The second-order valence-corrected chi connectivity index (χ2v) is 3.63. The topological polar surface area (TPSA) is 35.2 Å². The van der Waals surface area contributed by atoms with E-state index in [2.05, 4.69) is 20.8 Å². The fraction of sp³-hybridized carbons (Fsp3) is 0.333. The summed E-state index contributed by atoms with van der Waals surface area (Å²) in [5, 5.41) is 0. The van der Waals surface area contributed by atoms with Crippen LogP contribution in [0.25, 0.3) is 0 Å². The molecule has 66 valence electrons. The molecule has 0 spiro atoms. The first-order valence-corrected chi connectivity index (χ1v) is 4.52. The van der Waals surface area contributed by atoms with Gasteiger partial charge in [0.05, 0.1) is 6.61 Å². The van der Waals surface area contributed by atoms with Gasteiger partial charge in [-0.25, -0.2) is 5.90 Å². The van der Waals surface area contributed by atoms with Crippen molar-refractivity contribution in [2.24, 2.45) is 5.90 Å². The molecule has 0 saturated carbocycles. The van der Waals surface area contributed by atoms with E-state index in [4.69, 9.17) is 5.90 Å². The van der Waals surface area contributed by atoms with Gasteiger partial charge in [-0.3, -0.25) is 4.84 Å². The first kappa shape index (κ1) is 9.71. The highest BCUT2D eigenvalue weighted by molar-refractivity contribution is 9.10. The molecule has 2 nitrogen and oxygen atoms in total. The molecular weight excluding hydrogens is 218 g/mol. The van der Waals surface area contributed by atoms with E-state index in [0.29, 0.717) is 6.61 Å². The average Bonchev–Trinajstić information content (AvgIpc) is 2.06. The molecule has 0 radical (unpaired) electrons. The van der Waals surface area contributed by atoms with E-state index >= 15 is 0 Å². The van der Waals surface area contributed by atoms with Gasteiger partial charge in [-0.2, -0.15) is 0 Å². The monoisotopic (exact) mass is 229 g/mol. The quantitative estimate of drug-likeness (QED) is 0.792. The van der Waals surface area contributed by atoms with Crippen molar-refractivity contribution in [2.75, 3.05) is 0 Å². The molecular formula is C9H12BrNO. The highest BCUT2D eigenvalue weighted by atomic mass is 79.9. The van der Waals surface area contributed by atoms with E-state index in [1.807, 2.05) is 26.0 Å². The molecule has 0 bridgehead atoms. The van der Waals surface area contributed by atoms with Gasteiger partial charge in [0, 0.05) is 4.47 Å². The lowest BCUT2D eigenvalue weighted by molar-refractivity contribution is 0.123. The van der Waals surface area contributed by atoms with Crippen LogP contribution in [0.4, 0.5) is 0 Å². The van der Waals surface area contributed by atoms with Crippen molar-refractivity contribution in [1.82, 2.24) is 0 Å². The summed E-state index contributed by atoms with van der Waals surface area (Å²) < 4.78 is 1.10. The minimum atomic E-state index is 0.469. The van der Waals surface area contributed by atoms with Crippen molar-refractivity contribution in [1.29, 1.82) is 0 Å². The van der Waals surface area contributed by atoms with Crippen LogP contribution < -0.4 is 5.90 Å². The summed E-state index contributed by atoms with van der Waals surface area (Å²) >= 11 is 3.45. The molecule has 2 N–H and O–H groups in total. The maximum Gasteiger partial charge on any atom is 0.0935 e. The largest absolute Gasteiger partial charge is 0.300 e. The van der Waals surface area contributed by atoms with Crippen molar-refractivity contribution in [3.8, 4) is 0 Å². The predicted molar refractivity (Wildman–Crippen MR) is 52.6 cm³/mol. The van der Waals surface area contributed by atoms with Crippen molar-refractivity contribution in [2.45, 2.75) is 20.5 Å². The summed E-state index contributed by atoms with van der Waals surface area (Å²) in [4.78, 5) is 4.62. The second kappa shape index (κ2) is 4.03. The van der Waals surface area contributed by atoms with Crippen molar-refractivity contribution in [3.63, 3.8) is 0 Å². The van der Waals surface area contributed by atoms with Crippen LogP contribution >= 0.6 is 15.9 Å². The molecule has 0 heterocycles. The number of hydrogen-bond donors (Lipinski definition) is 1. The summed E-state index contributed by atoms with van der Waals surface area (Å²) in [6.07, 6.45) is 0. The van der Waals surface area contributed by atoms with Gasteiger partial charge in [0.1, 0.15) is 0 Å². The zero-order valence-corrected chi connectivity index (χ0v) is 8.81. The Morgan fingerprint density at radius 2 is 2.08 bits per heavy atom. The highest BCUT2D eigenvalue weighted by Gasteiger charge is 2.04. The van der Waals surface area contributed by atoms with E-state index in [0.717, 1.165) is 10.0 Å². The van der Waals surface area contributed by atoms with Gasteiger partial charge in [-0.05, 0) is 36.6 Å². The minimum absolute atomic E-state index is 0.469. The summed E-state index contributed by atoms with van der Waals surface area (Å²) in [7, 11) is 0. The molecule has 0 unspecified atom stereocenters. The zero-order chi connectivity index (χ0) is 9.14. The highest BCUT2D eigenvalue weighted by Crippen LogP contribution is 2.22. The van der Waals surface area contributed by atoms with Gasteiger partial charge in [-0.1, -0.05) is 22.0 Å². The molecule has 0 amide bonds. The number of rotatable bonds is 2. The van der Waals surface area contributed by atoms with Crippen LogP contribution in [0.2, 0.25) is 0 Å². The van der Waals surface area contributed by atoms with Gasteiger partial charge in [0.15, 0.2) is 0 Å². The molecule has 12 heavy (non-hydrogen) atoms. The Labute approximate surface area is 80.8 Å². The summed E-state index contributed by atoms with van der Waals surface area (Å²) in [6, 6.07) is 4.08. The third-order valence-corrected chi connectivity index (χ3v) is 2.85. The Kier molecular flexibility index (Phi) is 3.26. The predicted octanol–water partition coefficient (Wildman–Crippen LogP) is 2.46. The van der Waals surface area contributed by atoms with Crippen LogP contribution in [0.1, 0.15) is 16.7 Å². The lowest BCUT2D eigenvalue weighted by Crippen LogP contribution is -2.03. The van der Waals surface area contributed by atoms with Gasteiger partial charge in [-0.15, -0.1) is 0 Å². The minimum Gasteiger partial charge on any atom is -0.300 e. The maximum absolute atomic E-state index is 5.03. The molecule has 0 fully saturated rings. The standard InChI is InChI=1S/C9H12BrNO/c1-6-3-4-9(10)7(2)8(6)5-12-11/h3-4H,5,11H2,1-2H3. The first-order valence-electron chi connectivity index (χ1n) is 3.73. The number of aryl methyl sites for hydroxylation is 1. The van der Waals surface area contributed by atoms with Crippen LogP contribution in [-0.4, -0.2) is 0 Å². The zero-order valence-electron chi connectivity index (χ0n) is 7.23. The lowest BCUT2D eigenvalue weighted by atomic mass is 10.0. The number of benzene rings is 1. The van der Waals surface area contributed by atoms with E-state index < -0.39 is 0 Å². The molecule has 0 saturated heterocycles. The van der Waals surface area contributed by atoms with Crippen LogP contribution in [-0.2, 0) is 11.4 Å². The molecule has 0 aromatic heterocycles. The van der Waals surface area contributed by atoms with Crippen LogP contribution in [0.5, 0.6) is 0 Å². The number of nitrogens with two attached hydrogens (primary N) is 1. The summed E-state index contributed by atoms with van der Waals surface area (Å²) in [6.45, 7) is 4.57. The maximum atomic E-state index is 5.03. The van der Waals surface area contributed by atoms with Crippen molar-refractivity contribution >= 4 is 15.9 Å². The lowest BCUT2D eigenvalue weighted by Gasteiger charge is -2.09. The Morgan fingerprint density at radius 1 is 1.42 bits per heavy atom. The van der Waals surface area contributed by atoms with E-state index in [1.54, 1.807) is 0 Å². The smallest absolute Gasteiger partial charge is 0.0935 e. The summed E-state index contributed by atoms with van der Waals surface area (Å²) in [5.41, 5.74) is 3.56. The fourth-order valence-corrected chi connectivity index (χ4v) is 1.54. The van der Waals surface area contributed by atoms with Crippen LogP contribution in [0, 0.1) is 13.8 Å². The number of hydrogen-bond acceptors (Lipinski definition) is 2. The van der Waals surface area contributed by atoms with Crippen LogP contribution in [0.3, 0.4) is 0 Å². The molecule has 1 aromatic rings. The third kappa shape index (κ3) is 1.86.